The number of phenolic OH excluding ortho intramolecular Hbond substituents is 2. The van der Waals surface area contributed by atoms with E-state index in [1.807, 2.05) is 97.1 Å². The summed E-state index contributed by atoms with van der Waals surface area (Å²) >= 11 is -0.556. The Kier molecular flexibility index (Phi) is 19.9. The van der Waals surface area contributed by atoms with Crippen LogP contribution in [0.4, 0.5) is 11.4 Å². The minimum atomic E-state index is -0.556. The second-order valence-corrected chi connectivity index (χ2v) is 21.7. The Balaban J connectivity index is 0.000000276. The Labute approximate surface area is 416 Å². The van der Waals surface area contributed by atoms with E-state index in [1.165, 1.54) is 0 Å². The fourth-order valence-corrected chi connectivity index (χ4v) is 7.30. The molecule has 6 aromatic carbocycles. The molecule has 350 valence electrons. The van der Waals surface area contributed by atoms with Crippen LogP contribution in [0.15, 0.2) is 169 Å². The molecular weight excluding hydrogens is 907 g/mol. The molecule has 6 aromatic rings. The van der Waals surface area contributed by atoms with Gasteiger partial charge in [0.05, 0.1) is 0 Å². The third kappa shape index (κ3) is 14.8. The number of rotatable bonds is 14. The van der Waals surface area contributed by atoms with Crippen molar-refractivity contribution in [3.63, 3.8) is 0 Å². The van der Waals surface area contributed by atoms with Gasteiger partial charge >= 0.3 is 35.6 Å². The molecule has 0 fully saturated rings. The number of aromatic hydroxyl groups is 2. The number of phenols is 2. The van der Waals surface area contributed by atoms with Crippen LogP contribution in [0.25, 0.3) is 0 Å². The van der Waals surface area contributed by atoms with Gasteiger partial charge in [0.2, 0.25) is 0 Å². The van der Waals surface area contributed by atoms with Crippen LogP contribution in [0.2, 0.25) is 0 Å². The van der Waals surface area contributed by atoms with Gasteiger partial charge in [0.1, 0.15) is 47.6 Å². The molecule has 0 radical (unpaired) electrons. The standard InChI is InChI=1S/2C29H33NO2.2ClH.Ti/c2*1-7-17-32-26-16-12-11-15-25(26)30-20-21-18-23(28(2,3)4)19-24(27(21)31)29(5,6)22-13-9-8-10-14-22;;;/h2*7-16,18-20,31H,1,17H2,2-6H3;2*1H;/q;;;;+2/p-2. The summed E-state index contributed by atoms with van der Waals surface area (Å²) in [7, 11) is 9.78. The Hall–Kier alpha value is -5.37. The van der Waals surface area contributed by atoms with E-state index in [-0.39, 0.29) is 33.2 Å². The molecule has 0 aliphatic rings. The Morgan fingerprint density at radius 2 is 0.806 bits per heavy atom. The summed E-state index contributed by atoms with van der Waals surface area (Å²) in [5.41, 5.74) is 8.23. The van der Waals surface area contributed by atoms with Crippen molar-refractivity contribution in [1.29, 1.82) is 0 Å². The van der Waals surface area contributed by atoms with Crippen molar-refractivity contribution in [3.05, 3.63) is 203 Å². The number of benzene rings is 6. The Morgan fingerprint density at radius 3 is 1.12 bits per heavy atom. The van der Waals surface area contributed by atoms with E-state index in [1.54, 1.807) is 24.6 Å². The molecule has 0 bridgehead atoms. The minimum absolute atomic E-state index is 0.0806. The van der Waals surface area contributed by atoms with Gasteiger partial charge in [-0.25, -0.2) is 0 Å². The van der Waals surface area contributed by atoms with E-state index >= 15 is 0 Å². The van der Waals surface area contributed by atoms with Crippen LogP contribution in [-0.2, 0) is 38.7 Å². The Morgan fingerprint density at radius 1 is 0.493 bits per heavy atom. The zero-order valence-corrected chi connectivity index (χ0v) is 43.8. The topological polar surface area (TPSA) is 83.6 Å². The molecule has 0 spiro atoms. The molecule has 0 aliphatic carbocycles. The first-order valence-corrected chi connectivity index (χ1v) is 26.6. The maximum atomic E-state index is 11.3. The van der Waals surface area contributed by atoms with Crippen molar-refractivity contribution in [3.8, 4) is 23.0 Å². The first-order valence-electron chi connectivity index (χ1n) is 22.3. The summed E-state index contributed by atoms with van der Waals surface area (Å²) in [5.74, 6) is 1.86. The molecule has 6 rings (SSSR count). The molecule has 0 heterocycles. The van der Waals surface area contributed by atoms with Gasteiger partial charge in [-0.2, -0.15) is 0 Å². The molecule has 6 nitrogen and oxygen atoms in total. The zero-order chi connectivity index (χ0) is 49.4. The first-order chi connectivity index (χ1) is 31.7. The second-order valence-electron chi connectivity index (χ2n) is 19.1. The van der Waals surface area contributed by atoms with Crippen LogP contribution in [0.3, 0.4) is 0 Å². The fourth-order valence-electron chi connectivity index (χ4n) is 7.30. The van der Waals surface area contributed by atoms with E-state index in [0.29, 0.717) is 47.2 Å². The number of aliphatic imine (C=N–C) groups is 2. The van der Waals surface area contributed by atoms with Crippen molar-refractivity contribution in [1.82, 2.24) is 0 Å². The average molecular weight is 974 g/mol. The van der Waals surface area contributed by atoms with Crippen molar-refractivity contribution < 1.29 is 36.7 Å². The summed E-state index contributed by atoms with van der Waals surface area (Å²) in [4.78, 5) is 9.33. The summed E-state index contributed by atoms with van der Waals surface area (Å²) in [5, 5.41) is 22.7. The number of hydrogen-bond acceptors (Lipinski definition) is 6. The van der Waals surface area contributed by atoms with Crippen molar-refractivity contribution in [2.45, 2.75) is 90.9 Å². The van der Waals surface area contributed by atoms with Gasteiger partial charge in [0.15, 0.2) is 0 Å². The summed E-state index contributed by atoms with van der Waals surface area (Å²) in [6.45, 7) is 29.9. The summed E-state index contributed by atoms with van der Waals surface area (Å²) in [6.07, 6.45) is 6.87. The average Bonchev–Trinajstić information content (AvgIpc) is 3.30. The first kappa shape index (κ1) is 54.2. The maximum absolute atomic E-state index is 11.3. The van der Waals surface area contributed by atoms with Gasteiger partial charge in [0, 0.05) is 45.5 Å². The molecule has 0 amide bonds. The molecule has 0 saturated heterocycles. The fraction of sp³-hybridized carbons (Fsp3) is 0.276. The predicted molar refractivity (Wildman–Crippen MR) is 281 cm³/mol. The second kappa shape index (κ2) is 24.6. The predicted octanol–water partition coefficient (Wildman–Crippen LogP) is 16.0. The van der Waals surface area contributed by atoms with Crippen LogP contribution in [-0.4, -0.2) is 35.9 Å². The van der Waals surface area contributed by atoms with E-state index in [2.05, 4.69) is 129 Å². The molecule has 0 atom stereocenters. The SMILES string of the molecule is C=CCOc1ccccc1N=Cc1cc(C(C)(C)C)cc(C(C)(C)c2ccccc2)c1O.C=CCOc1ccccc1N=Cc1cc(C(C)(C)C)cc(C(C)(C)c2ccccc2)c1O.[Cl][Ti][Cl]. The Bertz CT molecular complexity index is 2430. The monoisotopic (exact) mass is 972 g/mol. The van der Waals surface area contributed by atoms with Gasteiger partial charge in [-0.15, -0.1) is 0 Å². The van der Waals surface area contributed by atoms with Gasteiger partial charge in [-0.3, -0.25) is 9.98 Å². The molecule has 2 N–H and O–H groups in total. The molecule has 9 heteroatoms. The van der Waals surface area contributed by atoms with Gasteiger partial charge in [0.25, 0.3) is 0 Å². The van der Waals surface area contributed by atoms with E-state index in [9.17, 15) is 10.2 Å². The summed E-state index contributed by atoms with van der Waals surface area (Å²) in [6, 6.07) is 44.1. The van der Waals surface area contributed by atoms with E-state index in [4.69, 9.17) is 28.1 Å². The van der Waals surface area contributed by atoms with Crippen LogP contribution in [0.5, 0.6) is 23.0 Å². The molecule has 0 aliphatic heterocycles. The number of halogens is 2. The quantitative estimate of drug-likeness (QED) is 0.0647. The number of ether oxygens (including phenoxy) is 2. The van der Waals surface area contributed by atoms with E-state index < -0.39 is 17.0 Å². The van der Waals surface area contributed by atoms with Crippen molar-refractivity contribution >= 4 is 42.4 Å². The van der Waals surface area contributed by atoms with Gasteiger partial charge in [-0.05, 0) is 69.5 Å². The van der Waals surface area contributed by atoms with Gasteiger partial charge in [-0.1, -0.05) is 192 Å². The molecule has 0 saturated carbocycles. The molecule has 67 heavy (non-hydrogen) atoms. The third-order valence-corrected chi connectivity index (χ3v) is 11.5. The molecule has 0 aromatic heterocycles. The number of para-hydroxylation sites is 4. The van der Waals surface area contributed by atoms with Crippen LogP contribution >= 0.6 is 18.6 Å². The normalized spacial score (nSPS) is 11.8. The number of hydrogen-bond donors (Lipinski definition) is 2. The number of nitrogens with zero attached hydrogens (tertiary/aromatic N) is 2. The molecule has 0 unspecified atom stereocenters. The van der Waals surface area contributed by atoms with E-state index in [0.717, 1.165) is 33.4 Å². The van der Waals surface area contributed by atoms with Crippen molar-refractivity contribution in [2.75, 3.05) is 13.2 Å². The third-order valence-electron chi connectivity index (χ3n) is 11.5. The van der Waals surface area contributed by atoms with Gasteiger partial charge < -0.3 is 19.7 Å². The van der Waals surface area contributed by atoms with Crippen LogP contribution in [0, 0.1) is 0 Å². The van der Waals surface area contributed by atoms with Crippen LogP contribution < -0.4 is 9.47 Å². The molecular formula is C58H66Cl2N2O4Ti. The zero-order valence-electron chi connectivity index (χ0n) is 40.7. The van der Waals surface area contributed by atoms with Crippen molar-refractivity contribution in [2.24, 2.45) is 9.98 Å². The van der Waals surface area contributed by atoms with Crippen LogP contribution in [0.1, 0.15) is 114 Å². The summed E-state index contributed by atoms with van der Waals surface area (Å²) < 4.78 is 11.4.